The Bertz CT molecular complexity index is 971. The van der Waals surface area contributed by atoms with Crippen LogP contribution in [0.2, 0.25) is 0 Å². The molecule has 1 aliphatic heterocycles. The molecule has 3 heterocycles. The minimum absolute atomic E-state index is 0.0447. The zero-order valence-electron chi connectivity index (χ0n) is 14.6. The molecule has 2 aromatic heterocycles. The first kappa shape index (κ1) is 17.0. The molecule has 0 saturated heterocycles. The van der Waals surface area contributed by atoms with E-state index in [2.05, 4.69) is 45.4 Å². The summed E-state index contributed by atoms with van der Waals surface area (Å²) in [6, 6.07) is 12.2. The Hall–Kier alpha value is -2.44. The number of rotatable bonds is 4. The first-order valence-electron chi connectivity index (χ1n) is 8.61. The second-order valence-corrected chi connectivity index (χ2v) is 7.20. The molecule has 0 unspecified atom stereocenters. The molecular weight excluding hydrogens is 344 g/mol. The summed E-state index contributed by atoms with van der Waals surface area (Å²) in [5.41, 5.74) is 3.78. The molecule has 0 fully saturated rings. The van der Waals surface area contributed by atoms with Crippen molar-refractivity contribution in [2.75, 3.05) is 12.8 Å². The number of thioether (sulfide) groups is 1. The molecular formula is C20H20N4OS. The molecule has 26 heavy (non-hydrogen) atoms. The van der Waals surface area contributed by atoms with E-state index < -0.39 is 0 Å². The van der Waals surface area contributed by atoms with Crippen LogP contribution in [0.1, 0.15) is 16.8 Å². The number of hydrogen-bond donors (Lipinski definition) is 1. The van der Waals surface area contributed by atoms with Gasteiger partial charge in [-0.15, -0.1) is 11.8 Å². The number of benzene rings is 1. The number of nitrogens with zero attached hydrogens (tertiary/aromatic N) is 3. The van der Waals surface area contributed by atoms with Gasteiger partial charge in [-0.25, -0.2) is 4.98 Å². The van der Waals surface area contributed by atoms with Crippen molar-refractivity contribution in [2.24, 2.45) is 0 Å². The van der Waals surface area contributed by atoms with E-state index in [0.29, 0.717) is 12.4 Å². The Morgan fingerprint density at radius 2 is 2.12 bits per heavy atom. The number of hydrogen-bond acceptors (Lipinski definition) is 5. The average Bonchev–Trinajstić information content (AvgIpc) is 2.69. The van der Waals surface area contributed by atoms with Gasteiger partial charge < -0.3 is 4.98 Å². The van der Waals surface area contributed by atoms with E-state index in [1.165, 1.54) is 10.5 Å². The number of nitrogens with one attached hydrogen (secondary N) is 1. The zero-order valence-corrected chi connectivity index (χ0v) is 15.4. The number of H-pyrrole nitrogens is 1. The maximum atomic E-state index is 12.6. The summed E-state index contributed by atoms with van der Waals surface area (Å²) >= 11 is 1.76. The summed E-state index contributed by atoms with van der Waals surface area (Å²) in [6.07, 6.45) is 6.32. The normalized spacial score (nSPS) is 14.2. The van der Waals surface area contributed by atoms with Crippen LogP contribution in [0.5, 0.6) is 0 Å². The zero-order chi connectivity index (χ0) is 17.9. The van der Waals surface area contributed by atoms with Crippen molar-refractivity contribution in [3.05, 3.63) is 76.0 Å². The molecule has 132 valence electrons. The third-order valence-corrected chi connectivity index (χ3v) is 5.51. The van der Waals surface area contributed by atoms with Crippen molar-refractivity contribution < 1.29 is 0 Å². The lowest BCUT2D eigenvalue weighted by molar-refractivity contribution is 0.240. The van der Waals surface area contributed by atoms with Gasteiger partial charge in [0.05, 0.1) is 11.3 Å². The van der Waals surface area contributed by atoms with E-state index in [9.17, 15) is 4.79 Å². The van der Waals surface area contributed by atoms with Gasteiger partial charge in [0.1, 0.15) is 5.82 Å². The highest BCUT2D eigenvalue weighted by atomic mass is 32.2. The molecule has 1 N–H and O–H groups in total. The van der Waals surface area contributed by atoms with E-state index in [-0.39, 0.29) is 5.56 Å². The maximum absolute atomic E-state index is 12.6. The Balaban J connectivity index is 1.59. The van der Waals surface area contributed by atoms with Crippen LogP contribution in [0.4, 0.5) is 0 Å². The Labute approximate surface area is 156 Å². The second kappa shape index (κ2) is 7.43. The van der Waals surface area contributed by atoms with Crippen LogP contribution in [0.3, 0.4) is 0 Å². The van der Waals surface area contributed by atoms with Crippen molar-refractivity contribution in [2.45, 2.75) is 24.4 Å². The summed E-state index contributed by atoms with van der Waals surface area (Å²) in [5, 5.41) is 0. The minimum Gasteiger partial charge on any atom is -0.306 e. The van der Waals surface area contributed by atoms with Crippen LogP contribution in [0.15, 0.2) is 58.5 Å². The van der Waals surface area contributed by atoms with Crippen LogP contribution >= 0.6 is 11.8 Å². The molecule has 4 rings (SSSR count). The average molecular weight is 364 g/mol. The summed E-state index contributed by atoms with van der Waals surface area (Å²) in [6.45, 7) is 2.38. The summed E-state index contributed by atoms with van der Waals surface area (Å²) in [7, 11) is 0. The van der Waals surface area contributed by atoms with E-state index >= 15 is 0 Å². The number of pyridine rings is 1. The fourth-order valence-corrected chi connectivity index (χ4v) is 3.94. The van der Waals surface area contributed by atoms with Crippen molar-refractivity contribution in [3.8, 4) is 11.4 Å². The summed E-state index contributed by atoms with van der Waals surface area (Å²) in [5.74, 6) is 0.600. The largest absolute Gasteiger partial charge is 0.306 e. The highest BCUT2D eigenvalue weighted by Crippen LogP contribution is 2.24. The van der Waals surface area contributed by atoms with Crippen molar-refractivity contribution in [1.82, 2.24) is 19.9 Å². The number of fused-ring (bicyclic) bond motifs is 1. The van der Waals surface area contributed by atoms with E-state index in [1.807, 2.05) is 12.1 Å². The predicted molar refractivity (Wildman–Crippen MR) is 104 cm³/mol. The molecule has 0 atom stereocenters. The van der Waals surface area contributed by atoms with Gasteiger partial charge in [0, 0.05) is 48.9 Å². The van der Waals surface area contributed by atoms with E-state index in [1.54, 1.807) is 24.2 Å². The van der Waals surface area contributed by atoms with Crippen molar-refractivity contribution in [3.63, 3.8) is 0 Å². The predicted octanol–water partition coefficient (Wildman–Crippen LogP) is 3.11. The Kier molecular flexibility index (Phi) is 4.86. The molecule has 1 aromatic carbocycles. The smallest absolute Gasteiger partial charge is 0.255 e. The van der Waals surface area contributed by atoms with Gasteiger partial charge in [0.25, 0.3) is 5.56 Å². The molecule has 0 radical (unpaired) electrons. The molecule has 0 saturated carbocycles. The molecule has 0 aliphatic carbocycles. The fraction of sp³-hybridized carbons (Fsp3) is 0.250. The second-order valence-electron chi connectivity index (χ2n) is 6.35. The third-order valence-electron chi connectivity index (χ3n) is 4.67. The monoisotopic (exact) mass is 364 g/mol. The SMILES string of the molecule is CSc1ccccc1CN1CCc2nc(-c3cccnc3)[nH]c(=O)c2C1. The van der Waals surface area contributed by atoms with E-state index in [0.717, 1.165) is 36.3 Å². The van der Waals surface area contributed by atoms with Gasteiger partial charge in [0.2, 0.25) is 0 Å². The van der Waals surface area contributed by atoms with Gasteiger partial charge in [-0.1, -0.05) is 18.2 Å². The van der Waals surface area contributed by atoms with Gasteiger partial charge in [-0.05, 0) is 30.0 Å². The molecule has 6 heteroatoms. The summed E-state index contributed by atoms with van der Waals surface area (Å²) < 4.78 is 0. The van der Waals surface area contributed by atoms with Crippen LogP contribution < -0.4 is 5.56 Å². The Morgan fingerprint density at radius 3 is 2.92 bits per heavy atom. The molecule has 0 spiro atoms. The van der Waals surface area contributed by atoms with Crippen LogP contribution in [0.25, 0.3) is 11.4 Å². The van der Waals surface area contributed by atoms with Crippen molar-refractivity contribution in [1.29, 1.82) is 0 Å². The molecule has 3 aromatic rings. The molecule has 1 aliphatic rings. The topological polar surface area (TPSA) is 61.9 Å². The van der Waals surface area contributed by atoms with Crippen LogP contribution in [-0.2, 0) is 19.5 Å². The van der Waals surface area contributed by atoms with Crippen LogP contribution in [-0.4, -0.2) is 32.7 Å². The highest BCUT2D eigenvalue weighted by Gasteiger charge is 2.22. The lowest BCUT2D eigenvalue weighted by atomic mass is 10.1. The standard InChI is InChI=1S/C20H20N4OS/c1-26-18-7-3-2-5-15(18)12-24-10-8-17-16(13-24)20(25)23-19(22-17)14-6-4-9-21-11-14/h2-7,9,11H,8,10,12-13H2,1H3,(H,22,23,25). The molecule has 5 nitrogen and oxygen atoms in total. The van der Waals surface area contributed by atoms with Gasteiger partial charge in [0.15, 0.2) is 0 Å². The van der Waals surface area contributed by atoms with Gasteiger partial charge in [-0.2, -0.15) is 0 Å². The third kappa shape index (κ3) is 3.43. The van der Waals surface area contributed by atoms with Crippen molar-refractivity contribution >= 4 is 11.8 Å². The van der Waals surface area contributed by atoms with Crippen LogP contribution in [0, 0.1) is 0 Å². The fourth-order valence-electron chi connectivity index (χ4n) is 3.33. The first-order chi connectivity index (χ1) is 12.7. The summed E-state index contributed by atoms with van der Waals surface area (Å²) in [4.78, 5) is 28.0. The Morgan fingerprint density at radius 1 is 1.23 bits per heavy atom. The maximum Gasteiger partial charge on any atom is 0.255 e. The minimum atomic E-state index is -0.0447. The first-order valence-corrected chi connectivity index (χ1v) is 9.84. The quantitative estimate of drug-likeness (QED) is 0.721. The lowest BCUT2D eigenvalue weighted by Crippen LogP contribution is -2.35. The number of aromatic nitrogens is 3. The molecule has 0 bridgehead atoms. The van der Waals surface area contributed by atoms with Gasteiger partial charge >= 0.3 is 0 Å². The molecule has 0 amide bonds. The van der Waals surface area contributed by atoms with Gasteiger partial charge in [-0.3, -0.25) is 14.7 Å². The highest BCUT2D eigenvalue weighted by molar-refractivity contribution is 7.98. The lowest BCUT2D eigenvalue weighted by Gasteiger charge is -2.28. The number of aromatic amines is 1. The van der Waals surface area contributed by atoms with E-state index in [4.69, 9.17) is 4.98 Å².